The molecule has 1 amide bonds. The maximum absolute atomic E-state index is 12.3. The Bertz CT molecular complexity index is 483. The van der Waals surface area contributed by atoms with Crippen molar-refractivity contribution >= 4 is 6.09 Å². The highest BCUT2D eigenvalue weighted by molar-refractivity contribution is 5.65. The number of alkyl halides is 3. The number of carbonyl (C=O) groups is 1. The number of rotatable bonds is 1. The molecule has 0 aromatic heterocycles. The van der Waals surface area contributed by atoms with Crippen molar-refractivity contribution < 1.29 is 23.1 Å². The minimum absolute atomic E-state index is 0.391. The second kappa shape index (κ2) is 5.45. The van der Waals surface area contributed by atoms with Crippen LogP contribution in [0.5, 0.6) is 0 Å². The van der Waals surface area contributed by atoms with E-state index in [1.165, 1.54) is 19.1 Å². The standard InChI is InChI=1S/C12H10F3NO2/c1-8(16-11(17)18)2-3-9-4-6-10(7-5-9)12(13,14)15/h4-8,16H,1H3,(H,17,18). The summed E-state index contributed by atoms with van der Waals surface area (Å²) in [4.78, 5) is 10.3. The van der Waals surface area contributed by atoms with Crippen LogP contribution in [0.2, 0.25) is 0 Å². The van der Waals surface area contributed by atoms with Gasteiger partial charge in [-0.1, -0.05) is 11.8 Å². The summed E-state index contributed by atoms with van der Waals surface area (Å²) in [7, 11) is 0. The van der Waals surface area contributed by atoms with E-state index >= 15 is 0 Å². The summed E-state index contributed by atoms with van der Waals surface area (Å²) in [6.45, 7) is 1.53. The van der Waals surface area contributed by atoms with Gasteiger partial charge in [0, 0.05) is 5.56 Å². The van der Waals surface area contributed by atoms with Gasteiger partial charge in [0.15, 0.2) is 0 Å². The maximum Gasteiger partial charge on any atom is 0.416 e. The fourth-order valence-corrected chi connectivity index (χ4v) is 1.16. The number of hydrogen-bond acceptors (Lipinski definition) is 1. The van der Waals surface area contributed by atoms with Crippen LogP contribution in [0.3, 0.4) is 0 Å². The Morgan fingerprint density at radius 3 is 2.33 bits per heavy atom. The first-order valence-corrected chi connectivity index (χ1v) is 4.97. The first-order chi connectivity index (χ1) is 8.29. The van der Waals surface area contributed by atoms with E-state index in [4.69, 9.17) is 5.11 Å². The van der Waals surface area contributed by atoms with Crippen molar-refractivity contribution in [1.29, 1.82) is 0 Å². The van der Waals surface area contributed by atoms with E-state index < -0.39 is 23.9 Å². The molecule has 0 heterocycles. The molecule has 1 atom stereocenters. The second-order valence-electron chi connectivity index (χ2n) is 3.52. The van der Waals surface area contributed by atoms with E-state index in [0.29, 0.717) is 5.56 Å². The number of amides is 1. The molecule has 0 aliphatic heterocycles. The fraction of sp³-hybridized carbons (Fsp3) is 0.250. The van der Waals surface area contributed by atoms with Crippen LogP contribution in [0.15, 0.2) is 24.3 Å². The van der Waals surface area contributed by atoms with Crippen LogP contribution >= 0.6 is 0 Å². The summed E-state index contributed by atoms with van der Waals surface area (Å²) in [5.74, 6) is 5.15. The summed E-state index contributed by atoms with van der Waals surface area (Å²) >= 11 is 0. The first-order valence-electron chi connectivity index (χ1n) is 4.97. The van der Waals surface area contributed by atoms with Crippen LogP contribution in [-0.4, -0.2) is 17.2 Å². The lowest BCUT2D eigenvalue weighted by atomic mass is 10.1. The highest BCUT2D eigenvalue weighted by atomic mass is 19.4. The van der Waals surface area contributed by atoms with Crippen LogP contribution in [0.25, 0.3) is 0 Å². The lowest BCUT2D eigenvalue weighted by molar-refractivity contribution is -0.137. The molecule has 18 heavy (non-hydrogen) atoms. The van der Waals surface area contributed by atoms with Crippen molar-refractivity contribution in [2.24, 2.45) is 0 Å². The smallest absolute Gasteiger partial charge is 0.416 e. The molecule has 0 aliphatic rings. The Kier molecular flexibility index (Phi) is 4.21. The van der Waals surface area contributed by atoms with Gasteiger partial charge in [-0.25, -0.2) is 4.79 Å². The molecule has 0 saturated heterocycles. The van der Waals surface area contributed by atoms with Gasteiger partial charge in [0.25, 0.3) is 0 Å². The maximum atomic E-state index is 12.3. The third-order valence-corrected chi connectivity index (χ3v) is 1.99. The van der Waals surface area contributed by atoms with Gasteiger partial charge in [0.05, 0.1) is 11.6 Å². The van der Waals surface area contributed by atoms with E-state index in [2.05, 4.69) is 17.2 Å². The Hall–Kier alpha value is -2.16. The number of carboxylic acid groups (broad SMARTS) is 1. The first kappa shape index (κ1) is 13.9. The van der Waals surface area contributed by atoms with Crippen LogP contribution in [0.4, 0.5) is 18.0 Å². The topological polar surface area (TPSA) is 49.3 Å². The van der Waals surface area contributed by atoms with Crippen molar-refractivity contribution in [2.45, 2.75) is 19.1 Å². The molecule has 96 valence electrons. The Morgan fingerprint density at radius 2 is 1.89 bits per heavy atom. The van der Waals surface area contributed by atoms with Crippen molar-refractivity contribution in [3.8, 4) is 11.8 Å². The average Bonchev–Trinajstić information content (AvgIpc) is 2.25. The molecule has 0 radical (unpaired) electrons. The number of hydrogen-bond donors (Lipinski definition) is 2. The minimum Gasteiger partial charge on any atom is -0.465 e. The van der Waals surface area contributed by atoms with Gasteiger partial charge in [-0.3, -0.25) is 0 Å². The van der Waals surface area contributed by atoms with Crippen molar-refractivity contribution in [3.05, 3.63) is 35.4 Å². The monoisotopic (exact) mass is 257 g/mol. The van der Waals surface area contributed by atoms with Gasteiger partial charge < -0.3 is 10.4 Å². The molecule has 0 fully saturated rings. The van der Waals surface area contributed by atoms with Gasteiger partial charge in [-0.15, -0.1) is 0 Å². The Labute approximate surface area is 102 Å². The molecule has 0 spiro atoms. The quantitative estimate of drug-likeness (QED) is 0.760. The van der Waals surface area contributed by atoms with E-state index in [9.17, 15) is 18.0 Å². The molecule has 1 unspecified atom stereocenters. The molecule has 1 rings (SSSR count). The van der Waals surface area contributed by atoms with Gasteiger partial charge in [-0.2, -0.15) is 13.2 Å². The van der Waals surface area contributed by atoms with Crippen LogP contribution < -0.4 is 5.32 Å². The zero-order valence-electron chi connectivity index (χ0n) is 9.38. The van der Waals surface area contributed by atoms with Crippen LogP contribution in [-0.2, 0) is 6.18 Å². The van der Waals surface area contributed by atoms with E-state index in [1.807, 2.05) is 0 Å². The van der Waals surface area contributed by atoms with E-state index in [-0.39, 0.29) is 0 Å². The zero-order valence-corrected chi connectivity index (χ0v) is 9.38. The third-order valence-electron chi connectivity index (χ3n) is 1.99. The molecule has 0 bridgehead atoms. The highest BCUT2D eigenvalue weighted by Crippen LogP contribution is 2.28. The lowest BCUT2D eigenvalue weighted by Crippen LogP contribution is -2.29. The SMILES string of the molecule is CC(C#Cc1ccc(C(F)(F)F)cc1)NC(=O)O. The van der Waals surface area contributed by atoms with Gasteiger partial charge in [-0.05, 0) is 31.2 Å². The average molecular weight is 257 g/mol. The van der Waals surface area contributed by atoms with Crippen LogP contribution in [0.1, 0.15) is 18.1 Å². The Morgan fingerprint density at radius 1 is 1.33 bits per heavy atom. The van der Waals surface area contributed by atoms with Crippen LogP contribution in [0, 0.1) is 11.8 Å². The van der Waals surface area contributed by atoms with E-state index in [1.54, 1.807) is 0 Å². The van der Waals surface area contributed by atoms with Gasteiger partial charge >= 0.3 is 12.3 Å². The van der Waals surface area contributed by atoms with Crippen molar-refractivity contribution in [1.82, 2.24) is 5.32 Å². The molecule has 0 aliphatic carbocycles. The predicted molar refractivity (Wildman–Crippen MR) is 58.9 cm³/mol. The van der Waals surface area contributed by atoms with E-state index in [0.717, 1.165) is 12.1 Å². The largest absolute Gasteiger partial charge is 0.465 e. The third kappa shape index (κ3) is 4.37. The van der Waals surface area contributed by atoms with Gasteiger partial charge in [0.2, 0.25) is 0 Å². The highest BCUT2D eigenvalue weighted by Gasteiger charge is 2.29. The predicted octanol–water partition coefficient (Wildman–Crippen LogP) is 2.71. The zero-order chi connectivity index (χ0) is 13.8. The normalized spacial score (nSPS) is 12.2. The van der Waals surface area contributed by atoms with Crippen molar-refractivity contribution in [2.75, 3.05) is 0 Å². The second-order valence-corrected chi connectivity index (χ2v) is 3.52. The fourth-order valence-electron chi connectivity index (χ4n) is 1.16. The molecule has 1 aromatic carbocycles. The lowest BCUT2D eigenvalue weighted by Gasteiger charge is -2.05. The molecular formula is C12H10F3NO2. The van der Waals surface area contributed by atoms with Crippen molar-refractivity contribution in [3.63, 3.8) is 0 Å². The molecule has 3 nitrogen and oxygen atoms in total. The summed E-state index contributed by atoms with van der Waals surface area (Å²) in [6.07, 6.45) is -5.58. The molecule has 1 aromatic rings. The Balaban J connectivity index is 2.76. The van der Waals surface area contributed by atoms with Gasteiger partial charge in [0.1, 0.15) is 0 Å². The molecular weight excluding hydrogens is 247 g/mol. The number of halogens is 3. The molecule has 2 N–H and O–H groups in total. The minimum atomic E-state index is -4.37. The summed E-state index contributed by atoms with van der Waals surface area (Å²) < 4.78 is 36.8. The summed E-state index contributed by atoms with van der Waals surface area (Å²) in [6, 6.07) is 3.75. The number of benzene rings is 1. The molecule has 6 heteroatoms. The number of nitrogens with one attached hydrogen (secondary N) is 1. The summed E-state index contributed by atoms with van der Waals surface area (Å²) in [5.41, 5.74) is -0.355. The summed E-state index contributed by atoms with van der Waals surface area (Å²) in [5, 5.41) is 10.5. The molecule has 0 saturated carbocycles.